The van der Waals surface area contributed by atoms with Crippen LogP contribution >= 0.6 is 0 Å². The number of hydrogen-bond donors (Lipinski definition) is 1. The number of halogens is 2. The second-order valence-electron chi connectivity index (χ2n) is 5.79. The van der Waals surface area contributed by atoms with Gasteiger partial charge in [0.15, 0.2) is 0 Å². The van der Waals surface area contributed by atoms with Crippen LogP contribution in [0.2, 0.25) is 0 Å². The zero-order valence-corrected chi connectivity index (χ0v) is 16.2. The van der Waals surface area contributed by atoms with Crippen molar-refractivity contribution < 1.29 is 25.6 Å². The first-order valence-electron chi connectivity index (χ1n) is 8.02. The fourth-order valence-corrected chi connectivity index (χ4v) is 4.12. The lowest BCUT2D eigenvalue weighted by Crippen LogP contribution is -2.28. The first kappa shape index (κ1) is 21.3. The zero-order chi connectivity index (χ0) is 20.1. The summed E-state index contributed by atoms with van der Waals surface area (Å²) in [5.74, 6) is -3.56. The highest BCUT2D eigenvalue weighted by molar-refractivity contribution is 7.91. The molecule has 0 aliphatic heterocycles. The summed E-state index contributed by atoms with van der Waals surface area (Å²) < 4.78 is 74.6. The van der Waals surface area contributed by atoms with E-state index in [1.54, 1.807) is 0 Å². The highest BCUT2D eigenvalue weighted by Gasteiger charge is 2.27. The van der Waals surface area contributed by atoms with Crippen LogP contribution in [0.4, 0.5) is 14.5 Å². The van der Waals surface area contributed by atoms with Gasteiger partial charge in [-0.2, -0.15) is 8.78 Å². The van der Waals surface area contributed by atoms with E-state index in [4.69, 9.17) is 0 Å². The van der Waals surface area contributed by atoms with Gasteiger partial charge in [0, 0.05) is 25.8 Å². The molecule has 148 valence electrons. The van der Waals surface area contributed by atoms with Crippen molar-refractivity contribution in [1.82, 2.24) is 4.72 Å². The standard InChI is InChI=1S/C17H20F2N2O4S2/c1-21(14-6-3-2-4-7-14)13-5-12-20-27(24,25)16-10-8-15(9-11-16)26(22,23)17(18)19/h2-4,6-11,17,20H,5,12-13H2,1H3. The first-order valence-corrected chi connectivity index (χ1v) is 11.1. The van der Waals surface area contributed by atoms with Gasteiger partial charge in [-0.05, 0) is 42.8 Å². The number of sulfone groups is 1. The minimum atomic E-state index is -4.75. The molecule has 0 bridgehead atoms. The molecule has 0 unspecified atom stereocenters. The minimum Gasteiger partial charge on any atom is -0.375 e. The van der Waals surface area contributed by atoms with Crippen LogP contribution in [-0.2, 0) is 19.9 Å². The molecule has 0 aliphatic carbocycles. The number of hydrogen-bond acceptors (Lipinski definition) is 5. The summed E-state index contributed by atoms with van der Waals surface area (Å²) in [6.07, 6.45) is 0.544. The first-order chi connectivity index (χ1) is 12.6. The van der Waals surface area contributed by atoms with Crippen LogP contribution < -0.4 is 9.62 Å². The maximum atomic E-state index is 12.5. The third-order valence-corrected chi connectivity index (χ3v) is 6.73. The SMILES string of the molecule is CN(CCCNS(=O)(=O)c1ccc(S(=O)(=O)C(F)F)cc1)c1ccccc1. The molecule has 6 nitrogen and oxygen atoms in total. The average Bonchev–Trinajstić information content (AvgIpc) is 2.65. The highest BCUT2D eigenvalue weighted by Crippen LogP contribution is 2.20. The monoisotopic (exact) mass is 418 g/mol. The molecule has 2 aromatic rings. The fraction of sp³-hybridized carbons (Fsp3) is 0.294. The number of para-hydroxylation sites is 1. The number of anilines is 1. The lowest BCUT2D eigenvalue weighted by molar-refractivity contribution is 0.234. The van der Waals surface area contributed by atoms with E-state index in [-0.39, 0.29) is 11.4 Å². The van der Waals surface area contributed by atoms with E-state index < -0.39 is 30.5 Å². The van der Waals surface area contributed by atoms with Gasteiger partial charge in [0.2, 0.25) is 19.9 Å². The number of nitrogens with one attached hydrogen (secondary N) is 1. The second kappa shape index (κ2) is 8.77. The molecule has 0 heterocycles. The summed E-state index contributed by atoms with van der Waals surface area (Å²) in [5.41, 5.74) is 1.01. The predicted octanol–water partition coefficient (Wildman–Crippen LogP) is 2.49. The highest BCUT2D eigenvalue weighted by atomic mass is 32.2. The lowest BCUT2D eigenvalue weighted by atomic mass is 10.3. The van der Waals surface area contributed by atoms with E-state index in [9.17, 15) is 25.6 Å². The Morgan fingerprint density at radius 1 is 0.926 bits per heavy atom. The molecule has 2 rings (SSSR count). The number of benzene rings is 2. The van der Waals surface area contributed by atoms with Gasteiger partial charge in [0.05, 0.1) is 9.79 Å². The summed E-state index contributed by atoms with van der Waals surface area (Å²) in [5, 5.41) is 0. The normalized spacial score (nSPS) is 12.3. The summed E-state index contributed by atoms with van der Waals surface area (Å²) in [6, 6.07) is 13.3. The Hall–Kier alpha value is -2.04. The molecular formula is C17H20F2N2O4S2. The maximum absolute atomic E-state index is 12.5. The molecule has 10 heteroatoms. The molecular weight excluding hydrogens is 398 g/mol. The van der Waals surface area contributed by atoms with Crippen LogP contribution in [0.5, 0.6) is 0 Å². The fourth-order valence-electron chi connectivity index (χ4n) is 2.33. The van der Waals surface area contributed by atoms with E-state index >= 15 is 0 Å². The molecule has 0 aliphatic rings. The molecule has 0 aromatic heterocycles. The number of nitrogens with zero attached hydrogens (tertiary/aromatic N) is 1. The molecule has 0 fully saturated rings. The Kier molecular flexibility index (Phi) is 6.90. The van der Waals surface area contributed by atoms with Crippen LogP contribution in [0, 0.1) is 0 Å². The molecule has 27 heavy (non-hydrogen) atoms. The van der Waals surface area contributed by atoms with Gasteiger partial charge < -0.3 is 4.90 Å². The van der Waals surface area contributed by atoms with Crippen molar-refractivity contribution >= 4 is 25.5 Å². The van der Waals surface area contributed by atoms with Crippen molar-refractivity contribution in [2.75, 3.05) is 25.0 Å². The van der Waals surface area contributed by atoms with Crippen LogP contribution in [0.25, 0.3) is 0 Å². The molecule has 0 amide bonds. The van der Waals surface area contributed by atoms with Gasteiger partial charge >= 0.3 is 5.76 Å². The third kappa shape index (κ3) is 5.47. The van der Waals surface area contributed by atoms with Gasteiger partial charge in [0.1, 0.15) is 0 Å². The Bertz CT molecular complexity index is 948. The van der Waals surface area contributed by atoms with Crippen molar-refractivity contribution in [3.63, 3.8) is 0 Å². The van der Waals surface area contributed by atoms with E-state index in [0.29, 0.717) is 13.0 Å². The zero-order valence-electron chi connectivity index (χ0n) is 14.5. The third-order valence-electron chi connectivity index (χ3n) is 3.86. The van der Waals surface area contributed by atoms with Crippen molar-refractivity contribution in [2.24, 2.45) is 0 Å². The largest absolute Gasteiger partial charge is 0.375 e. The lowest BCUT2D eigenvalue weighted by Gasteiger charge is -2.19. The van der Waals surface area contributed by atoms with Gasteiger partial charge in [-0.3, -0.25) is 0 Å². The molecule has 0 spiro atoms. The quantitative estimate of drug-likeness (QED) is 0.633. The van der Waals surface area contributed by atoms with E-state index in [2.05, 4.69) is 4.72 Å². The molecule has 1 N–H and O–H groups in total. The van der Waals surface area contributed by atoms with E-state index in [1.165, 1.54) is 0 Å². The number of rotatable bonds is 9. The van der Waals surface area contributed by atoms with Gasteiger partial charge in [0.25, 0.3) is 0 Å². The Morgan fingerprint density at radius 3 is 2.04 bits per heavy atom. The van der Waals surface area contributed by atoms with Gasteiger partial charge in [-0.25, -0.2) is 21.6 Å². The molecule has 2 aromatic carbocycles. The van der Waals surface area contributed by atoms with Crippen LogP contribution in [0.3, 0.4) is 0 Å². The molecule has 0 atom stereocenters. The summed E-state index contributed by atoms with van der Waals surface area (Å²) in [7, 11) is -6.71. The van der Waals surface area contributed by atoms with Crippen LogP contribution in [0.1, 0.15) is 6.42 Å². The summed E-state index contributed by atoms with van der Waals surface area (Å²) >= 11 is 0. The Balaban J connectivity index is 1.93. The van der Waals surface area contributed by atoms with E-state index in [1.807, 2.05) is 42.3 Å². The summed E-state index contributed by atoms with van der Waals surface area (Å²) in [4.78, 5) is 1.17. The van der Waals surface area contributed by atoms with Crippen molar-refractivity contribution in [3.8, 4) is 0 Å². The Labute approximate surface area is 157 Å². The van der Waals surface area contributed by atoms with Crippen molar-refractivity contribution in [3.05, 3.63) is 54.6 Å². The van der Waals surface area contributed by atoms with Crippen LogP contribution in [0.15, 0.2) is 64.4 Å². The van der Waals surface area contributed by atoms with E-state index in [0.717, 1.165) is 30.0 Å². The van der Waals surface area contributed by atoms with Gasteiger partial charge in [-0.1, -0.05) is 18.2 Å². The van der Waals surface area contributed by atoms with Crippen LogP contribution in [-0.4, -0.2) is 42.7 Å². The predicted molar refractivity (Wildman–Crippen MR) is 99.1 cm³/mol. The average molecular weight is 418 g/mol. The smallest absolute Gasteiger partial charge is 0.341 e. The molecule has 0 radical (unpaired) electrons. The summed E-state index contributed by atoms with van der Waals surface area (Å²) in [6.45, 7) is 0.800. The maximum Gasteiger partial charge on any atom is 0.341 e. The second-order valence-corrected chi connectivity index (χ2v) is 9.47. The molecule has 0 saturated carbocycles. The minimum absolute atomic E-state index is 0.177. The number of alkyl halides is 2. The van der Waals surface area contributed by atoms with Crippen molar-refractivity contribution in [1.29, 1.82) is 0 Å². The van der Waals surface area contributed by atoms with Crippen molar-refractivity contribution in [2.45, 2.75) is 22.0 Å². The number of sulfonamides is 1. The molecule has 0 saturated heterocycles. The Morgan fingerprint density at radius 2 is 1.48 bits per heavy atom. The van der Waals surface area contributed by atoms with Gasteiger partial charge in [-0.15, -0.1) is 0 Å². The topological polar surface area (TPSA) is 83.6 Å².